The monoisotopic (exact) mass is 308 g/mol. The first-order valence-electron chi connectivity index (χ1n) is 8.61. The Morgan fingerprint density at radius 1 is 0.909 bits per heavy atom. The van der Waals surface area contributed by atoms with E-state index in [9.17, 15) is 9.59 Å². The molecule has 0 aliphatic carbocycles. The van der Waals surface area contributed by atoms with Gasteiger partial charge in [0.1, 0.15) is 5.78 Å². The summed E-state index contributed by atoms with van der Waals surface area (Å²) in [5, 5.41) is 0. The van der Waals surface area contributed by atoms with Crippen LogP contribution in [0.3, 0.4) is 0 Å². The summed E-state index contributed by atoms with van der Waals surface area (Å²) in [6.45, 7) is 8.19. The van der Waals surface area contributed by atoms with Gasteiger partial charge in [-0.3, -0.25) is 9.59 Å². The molecule has 22 heavy (non-hydrogen) atoms. The first-order valence-corrected chi connectivity index (χ1v) is 8.61. The summed E-state index contributed by atoms with van der Waals surface area (Å²) in [5.41, 5.74) is -1.06. The Balaban J connectivity index is 2.77. The lowest BCUT2D eigenvalue weighted by molar-refractivity contribution is -0.161. The molecule has 0 amide bonds. The van der Waals surface area contributed by atoms with Gasteiger partial charge in [-0.25, -0.2) is 0 Å². The molecule has 1 heterocycles. The molecule has 1 aliphatic heterocycles. The number of hydrogen-bond donors (Lipinski definition) is 0. The van der Waals surface area contributed by atoms with Crippen molar-refractivity contribution in [1.82, 2.24) is 0 Å². The Hall–Kier alpha value is -1.12. The molecule has 3 heteroatoms. The van der Waals surface area contributed by atoms with Gasteiger partial charge in [0.15, 0.2) is 0 Å². The van der Waals surface area contributed by atoms with E-state index < -0.39 is 10.8 Å². The topological polar surface area (TPSA) is 43.4 Å². The number of hydrogen-bond acceptors (Lipinski definition) is 3. The highest BCUT2D eigenvalue weighted by atomic mass is 16.5. The maximum Gasteiger partial charge on any atom is 0.312 e. The van der Waals surface area contributed by atoms with Gasteiger partial charge >= 0.3 is 5.97 Å². The fourth-order valence-corrected chi connectivity index (χ4v) is 2.65. The van der Waals surface area contributed by atoms with Crippen molar-refractivity contribution in [3.05, 3.63) is 12.2 Å². The predicted octanol–water partition coefficient (Wildman–Crippen LogP) is 4.84. The molecule has 126 valence electrons. The van der Waals surface area contributed by atoms with E-state index in [0.717, 1.165) is 25.7 Å². The highest BCUT2D eigenvalue weighted by Gasteiger charge is 2.45. The summed E-state index contributed by atoms with van der Waals surface area (Å²) < 4.78 is 5.43. The van der Waals surface area contributed by atoms with Gasteiger partial charge in [0.05, 0.1) is 12.0 Å². The van der Waals surface area contributed by atoms with E-state index in [1.165, 1.54) is 12.8 Å². The van der Waals surface area contributed by atoms with Gasteiger partial charge in [0.2, 0.25) is 0 Å². The number of ketones is 1. The third-order valence-corrected chi connectivity index (χ3v) is 5.10. The summed E-state index contributed by atoms with van der Waals surface area (Å²) in [6.07, 6.45) is 11.6. The third-order valence-electron chi connectivity index (χ3n) is 5.10. The van der Waals surface area contributed by atoms with Crippen molar-refractivity contribution in [2.75, 3.05) is 6.61 Å². The Morgan fingerprint density at radius 3 is 2.27 bits per heavy atom. The highest BCUT2D eigenvalue weighted by molar-refractivity contribution is 5.82. The zero-order chi connectivity index (χ0) is 16.6. The van der Waals surface area contributed by atoms with Crippen LogP contribution in [0.4, 0.5) is 0 Å². The van der Waals surface area contributed by atoms with Crippen LogP contribution in [0.15, 0.2) is 12.2 Å². The molecular weight excluding hydrogens is 276 g/mol. The summed E-state index contributed by atoms with van der Waals surface area (Å²) >= 11 is 0. The van der Waals surface area contributed by atoms with Crippen molar-refractivity contribution in [3.8, 4) is 0 Å². The average Bonchev–Trinajstić information content (AvgIpc) is 2.42. The van der Waals surface area contributed by atoms with Crippen LogP contribution >= 0.6 is 0 Å². The number of cyclic esters (lactones) is 1. The van der Waals surface area contributed by atoms with E-state index in [-0.39, 0.29) is 11.8 Å². The molecule has 1 aliphatic rings. The van der Waals surface area contributed by atoms with Gasteiger partial charge in [-0.05, 0) is 44.9 Å². The molecule has 3 nitrogen and oxygen atoms in total. The molecule has 0 saturated carbocycles. The van der Waals surface area contributed by atoms with E-state index in [4.69, 9.17) is 4.74 Å². The zero-order valence-corrected chi connectivity index (χ0v) is 14.7. The molecule has 1 rings (SSSR count). The lowest BCUT2D eigenvalue weighted by atomic mass is 9.65. The Kier molecular flexibility index (Phi) is 7.31. The Bertz CT molecular complexity index is 405. The SMILES string of the molecule is CC1(C)CC(=O)CCCCCC/C=C/CCOC(=O)C1(C)C. The van der Waals surface area contributed by atoms with Gasteiger partial charge in [0, 0.05) is 12.8 Å². The molecule has 0 fully saturated rings. The number of rotatable bonds is 0. The normalized spacial score (nSPS) is 26.2. The van der Waals surface area contributed by atoms with Crippen LogP contribution < -0.4 is 0 Å². The molecule has 0 spiro atoms. The Labute approximate surface area is 135 Å². The minimum absolute atomic E-state index is 0.203. The van der Waals surface area contributed by atoms with Crippen molar-refractivity contribution in [3.63, 3.8) is 0 Å². The lowest BCUT2D eigenvalue weighted by Gasteiger charge is -2.39. The molecule has 0 radical (unpaired) electrons. The number of carbonyl (C=O) groups excluding carboxylic acids is 2. The number of ether oxygens (including phenoxy) is 1. The molecule has 0 bridgehead atoms. The molecule has 0 atom stereocenters. The molecular formula is C19H32O3. The van der Waals surface area contributed by atoms with E-state index in [1.807, 2.05) is 27.7 Å². The fourth-order valence-electron chi connectivity index (χ4n) is 2.65. The van der Waals surface area contributed by atoms with E-state index in [1.54, 1.807) is 0 Å². The summed E-state index contributed by atoms with van der Waals surface area (Å²) in [7, 11) is 0. The second-order valence-electron chi connectivity index (χ2n) is 7.57. The lowest BCUT2D eigenvalue weighted by Crippen LogP contribution is -2.42. The summed E-state index contributed by atoms with van der Waals surface area (Å²) in [5.74, 6) is 0.0589. The van der Waals surface area contributed by atoms with Crippen LogP contribution in [0.2, 0.25) is 0 Å². The standard InChI is InChI=1S/C19H32O3/c1-18(2)15-16(20)13-11-9-7-5-6-8-10-12-14-22-17(21)19(18,3)4/h8,10H,5-7,9,11-15H2,1-4H3/b10-8+. The molecule has 0 unspecified atom stereocenters. The minimum atomic E-state index is -0.663. The van der Waals surface area contributed by atoms with E-state index in [0.29, 0.717) is 19.4 Å². The van der Waals surface area contributed by atoms with Crippen molar-refractivity contribution in [1.29, 1.82) is 0 Å². The van der Waals surface area contributed by atoms with Gasteiger partial charge in [-0.15, -0.1) is 0 Å². The highest BCUT2D eigenvalue weighted by Crippen LogP contribution is 2.42. The van der Waals surface area contributed by atoms with Gasteiger partial charge in [-0.1, -0.05) is 38.8 Å². The first-order chi connectivity index (χ1) is 10.3. The quantitative estimate of drug-likeness (QED) is 0.475. The number of esters is 1. The molecule has 0 N–H and O–H groups in total. The fraction of sp³-hybridized carbons (Fsp3) is 0.789. The van der Waals surface area contributed by atoms with Crippen LogP contribution in [0.5, 0.6) is 0 Å². The third kappa shape index (κ3) is 5.58. The zero-order valence-electron chi connectivity index (χ0n) is 14.7. The van der Waals surface area contributed by atoms with Crippen molar-refractivity contribution in [2.24, 2.45) is 10.8 Å². The number of Topliss-reactive ketones (excluding diaryl/α,β-unsaturated/α-hetero) is 1. The largest absolute Gasteiger partial charge is 0.465 e. The predicted molar refractivity (Wildman–Crippen MR) is 89.6 cm³/mol. The second-order valence-corrected chi connectivity index (χ2v) is 7.57. The number of allylic oxidation sites excluding steroid dienone is 1. The average molecular weight is 308 g/mol. The molecule has 0 aromatic carbocycles. The second kappa shape index (κ2) is 8.50. The Morgan fingerprint density at radius 2 is 1.55 bits per heavy atom. The van der Waals surface area contributed by atoms with E-state index >= 15 is 0 Å². The summed E-state index contributed by atoms with van der Waals surface area (Å²) in [4.78, 5) is 24.6. The van der Waals surface area contributed by atoms with Crippen LogP contribution in [0.1, 0.15) is 79.1 Å². The maximum atomic E-state index is 12.4. The van der Waals surface area contributed by atoms with Crippen molar-refractivity contribution in [2.45, 2.75) is 79.1 Å². The molecule has 0 aromatic rings. The smallest absolute Gasteiger partial charge is 0.312 e. The van der Waals surface area contributed by atoms with Gasteiger partial charge in [0.25, 0.3) is 0 Å². The van der Waals surface area contributed by atoms with Gasteiger partial charge < -0.3 is 4.74 Å². The first kappa shape index (κ1) is 18.9. The van der Waals surface area contributed by atoms with Crippen molar-refractivity contribution < 1.29 is 14.3 Å². The summed E-state index contributed by atoms with van der Waals surface area (Å²) in [6, 6.07) is 0. The van der Waals surface area contributed by atoms with Crippen LogP contribution in [-0.4, -0.2) is 18.4 Å². The number of carbonyl (C=O) groups is 2. The molecule has 0 aromatic heterocycles. The minimum Gasteiger partial charge on any atom is -0.465 e. The van der Waals surface area contributed by atoms with E-state index in [2.05, 4.69) is 12.2 Å². The van der Waals surface area contributed by atoms with Crippen LogP contribution in [-0.2, 0) is 14.3 Å². The van der Waals surface area contributed by atoms with Crippen LogP contribution in [0, 0.1) is 10.8 Å². The van der Waals surface area contributed by atoms with Crippen molar-refractivity contribution >= 4 is 11.8 Å². The molecule has 0 saturated heterocycles. The van der Waals surface area contributed by atoms with Crippen LogP contribution in [0.25, 0.3) is 0 Å². The van der Waals surface area contributed by atoms with Gasteiger partial charge in [-0.2, -0.15) is 0 Å². The maximum absolute atomic E-state index is 12.4.